The zero-order valence-electron chi connectivity index (χ0n) is 14.6. The number of allylic oxidation sites excluding steroid dienone is 1. The number of hydrogen-bond donors (Lipinski definition) is 2. The monoisotopic (exact) mass is 357 g/mol. The second kappa shape index (κ2) is 10.3. The average molecular weight is 357 g/mol. The topological polar surface area (TPSA) is 44.4 Å². The number of Topliss-reactive ketones (excluding diaryl/α,β-unsaturated/α-hetero) is 1. The number of anilines is 1. The van der Waals surface area contributed by atoms with E-state index in [0.29, 0.717) is 0 Å². The van der Waals surface area contributed by atoms with Crippen LogP contribution in [0.3, 0.4) is 0 Å². The fourth-order valence-corrected chi connectivity index (χ4v) is 3.07. The van der Waals surface area contributed by atoms with Gasteiger partial charge in [0.15, 0.2) is 11.6 Å². The van der Waals surface area contributed by atoms with E-state index < -0.39 is 23.0 Å². The summed E-state index contributed by atoms with van der Waals surface area (Å²) in [5.41, 5.74) is -0.208. The van der Waals surface area contributed by atoms with Gasteiger partial charge in [-0.25, -0.2) is 13.1 Å². The molecule has 0 radical (unpaired) electrons. The van der Waals surface area contributed by atoms with E-state index in [4.69, 9.17) is 0 Å². The largest absolute Gasteiger partial charge is 0.394 e. The summed E-state index contributed by atoms with van der Waals surface area (Å²) >= 11 is 1.27. The molecule has 2 N–H and O–H groups in total. The lowest BCUT2D eigenvalue weighted by Gasteiger charge is -2.20. The molecule has 0 aromatic heterocycles. The number of rotatable bonds is 10. The summed E-state index contributed by atoms with van der Waals surface area (Å²) in [6.07, 6.45) is 3.36. The molecular formula is C17H25F2N3OS. The molecule has 0 heterocycles. The molecule has 0 aliphatic heterocycles. The molecule has 0 saturated carbocycles. The van der Waals surface area contributed by atoms with Crippen LogP contribution in [0.1, 0.15) is 44.0 Å². The molecule has 1 aromatic rings. The highest BCUT2D eigenvalue weighted by atomic mass is 32.2. The van der Waals surface area contributed by atoms with Crippen LogP contribution in [0.15, 0.2) is 23.9 Å². The smallest absolute Gasteiger partial charge is 0.196 e. The van der Waals surface area contributed by atoms with Crippen molar-refractivity contribution >= 4 is 23.6 Å². The minimum absolute atomic E-state index is 0.0965. The second-order valence-corrected chi connectivity index (χ2v) is 6.25. The first-order valence-corrected chi connectivity index (χ1v) is 8.78. The molecule has 1 aromatic carbocycles. The van der Waals surface area contributed by atoms with Crippen molar-refractivity contribution in [3.05, 3.63) is 41.1 Å². The molecule has 134 valence electrons. The van der Waals surface area contributed by atoms with Gasteiger partial charge in [-0.05, 0) is 31.9 Å². The third-order valence-electron chi connectivity index (χ3n) is 3.27. The highest BCUT2D eigenvalue weighted by molar-refractivity contribution is 7.98. The van der Waals surface area contributed by atoms with Crippen molar-refractivity contribution in [3.63, 3.8) is 0 Å². The summed E-state index contributed by atoms with van der Waals surface area (Å²) < 4.78 is 33.5. The van der Waals surface area contributed by atoms with Gasteiger partial charge >= 0.3 is 0 Å². The fraction of sp³-hybridized carbons (Fsp3) is 0.471. The molecular weight excluding hydrogens is 332 g/mol. The van der Waals surface area contributed by atoms with Crippen molar-refractivity contribution in [2.45, 2.75) is 33.6 Å². The lowest BCUT2D eigenvalue weighted by molar-refractivity contribution is 0.102. The maximum absolute atomic E-state index is 14.6. The van der Waals surface area contributed by atoms with Gasteiger partial charge in [-0.1, -0.05) is 13.8 Å². The number of hydrogen-bond acceptors (Lipinski definition) is 5. The van der Waals surface area contributed by atoms with Gasteiger partial charge in [-0.15, -0.1) is 0 Å². The summed E-state index contributed by atoms with van der Waals surface area (Å²) in [4.78, 5) is 12.2. The summed E-state index contributed by atoms with van der Waals surface area (Å²) in [5.74, 6) is -2.41. The molecule has 0 saturated heterocycles. The molecule has 7 heteroatoms. The quantitative estimate of drug-likeness (QED) is 0.370. The maximum Gasteiger partial charge on any atom is 0.196 e. The summed E-state index contributed by atoms with van der Waals surface area (Å²) in [7, 11) is 1.62. The molecule has 0 amide bonds. The van der Waals surface area contributed by atoms with Gasteiger partial charge in [-0.3, -0.25) is 4.79 Å². The Morgan fingerprint density at radius 3 is 2.42 bits per heavy atom. The third kappa shape index (κ3) is 5.49. The van der Waals surface area contributed by atoms with Gasteiger partial charge in [0.05, 0.1) is 11.3 Å². The van der Waals surface area contributed by atoms with E-state index >= 15 is 0 Å². The van der Waals surface area contributed by atoms with E-state index in [2.05, 4.69) is 28.2 Å². The maximum atomic E-state index is 14.6. The molecule has 0 bridgehead atoms. The summed E-state index contributed by atoms with van der Waals surface area (Å²) in [5, 5.41) is 2.69. The minimum atomic E-state index is -0.871. The van der Waals surface area contributed by atoms with Gasteiger partial charge in [0.2, 0.25) is 0 Å². The molecule has 0 spiro atoms. The lowest BCUT2D eigenvalue weighted by Crippen LogP contribution is -2.20. The second-order valence-electron chi connectivity index (χ2n) is 5.35. The van der Waals surface area contributed by atoms with Crippen LogP contribution < -0.4 is 10.0 Å². The zero-order valence-corrected chi connectivity index (χ0v) is 15.4. The molecule has 0 aliphatic rings. The van der Waals surface area contributed by atoms with Crippen LogP contribution in [0.25, 0.3) is 0 Å². The first-order chi connectivity index (χ1) is 11.5. The Kier molecular flexibility index (Phi) is 8.78. The van der Waals surface area contributed by atoms with Crippen molar-refractivity contribution in [3.8, 4) is 0 Å². The standard InChI is InChI=1S/C17H25F2N3OS/c1-5-9-22(10-6-2)24-21-14-8-7-13(18)15(16(14)19)17(23)12(3)11-20-4/h7-8,11,20-21H,5-6,9-10H2,1-4H3/b12-11+. The number of halogens is 2. The normalized spacial score (nSPS) is 11.7. The highest BCUT2D eigenvalue weighted by Crippen LogP contribution is 2.26. The zero-order chi connectivity index (χ0) is 18.1. The average Bonchev–Trinajstić information content (AvgIpc) is 2.54. The van der Waals surface area contributed by atoms with Gasteiger partial charge in [0.1, 0.15) is 5.82 Å². The lowest BCUT2D eigenvalue weighted by atomic mass is 10.0. The number of carbonyl (C=O) groups is 1. The summed E-state index contributed by atoms with van der Waals surface area (Å²) in [6.45, 7) is 7.34. The Bertz CT molecular complexity index is 587. The Labute approximate surface area is 147 Å². The van der Waals surface area contributed by atoms with Crippen LogP contribution in [-0.4, -0.2) is 30.2 Å². The van der Waals surface area contributed by atoms with E-state index in [1.165, 1.54) is 31.3 Å². The predicted octanol–water partition coefficient (Wildman–Crippen LogP) is 4.37. The van der Waals surface area contributed by atoms with Crippen LogP contribution in [0.2, 0.25) is 0 Å². The number of nitrogens with zero attached hydrogens (tertiary/aromatic N) is 1. The van der Waals surface area contributed by atoms with E-state index in [9.17, 15) is 13.6 Å². The van der Waals surface area contributed by atoms with Crippen molar-refractivity contribution in [1.82, 2.24) is 9.62 Å². The molecule has 24 heavy (non-hydrogen) atoms. The van der Waals surface area contributed by atoms with Gasteiger partial charge in [0.25, 0.3) is 0 Å². The molecule has 1 rings (SSSR count). The van der Waals surface area contributed by atoms with Gasteiger partial charge < -0.3 is 10.0 Å². The molecule has 0 atom stereocenters. The third-order valence-corrected chi connectivity index (χ3v) is 4.20. The van der Waals surface area contributed by atoms with Crippen LogP contribution >= 0.6 is 12.1 Å². The molecule has 4 nitrogen and oxygen atoms in total. The van der Waals surface area contributed by atoms with Gasteiger partial charge in [0, 0.05) is 44.0 Å². The Balaban J connectivity index is 3.00. The Hall–Kier alpha value is -1.60. The van der Waals surface area contributed by atoms with Gasteiger partial charge in [-0.2, -0.15) is 0 Å². The predicted molar refractivity (Wildman–Crippen MR) is 96.9 cm³/mol. The minimum Gasteiger partial charge on any atom is -0.394 e. The summed E-state index contributed by atoms with van der Waals surface area (Å²) in [6, 6.07) is 2.41. The first kappa shape index (κ1) is 20.4. The van der Waals surface area contributed by atoms with E-state index in [1.54, 1.807) is 7.05 Å². The number of carbonyl (C=O) groups excluding carboxylic acids is 1. The number of nitrogens with one attached hydrogen (secondary N) is 2. The van der Waals surface area contributed by atoms with E-state index in [0.717, 1.165) is 32.0 Å². The van der Waals surface area contributed by atoms with Crippen LogP contribution in [0.4, 0.5) is 14.5 Å². The van der Waals surface area contributed by atoms with Crippen molar-refractivity contribution in [2.75, 3.05) is 24.9 Å². The fourth-order valence-electron chi connectivity index (χ4n) is 2.13. The van der Waals surface area contributed by atoms with Crippen molar-refractivity contribution in [1.29, 1.82) is 0 Å². The number of benzene rings is 1. The van der Waals surface area contributed by atoms with Crippen LogP contribution in [0, 0.1) is 11.6 Å². The number of ketones is 1. The molecule has 0 unspecified atom stereocenters. The Morgan fingerprint density at radius 2 is 1.88 bits per heavy atom. The molecule has 0 aliphatic carbocycles. The first-order valence-electron chi connectivity index (χ1n) is 8.00. The van der Waals surface area contributed by atoms with Crippen molar-refractivity contribution in [2.24, 2.45) is 0 Å². The highest BCUT2D eigenvalue weighted by Gasteiger charge is 2.22. The molecule has 0 fully saturated rings. The van der Waals surface area contributed by atoms with Crippen LogP contribution in [0.5, 0.6) is 0 Å². The van der Waals surface area contributed by atoms with Crippen LogP contribution in [-0.2, 0) is 0 Å². The van der Waals surface area contributed by atoms with Crippen molar-refractivity contribution < 1.29 is 13.6 Å². The van der Waals surface area contributed by atoms with E-state index in [1.807, 2.05) is 0 Å². The SMILES string of the molecule is CCCN(CCC)SNc1ccc(F)c(C(=O)/C(C)=C/NC)c1F. The Morgan fingerprint density at radius 1 is 1.25 bits per heavy atom. The van der Waals surface area contributed by atoms with E-state index in [-0.39, 0.29) is 11.3 Å².